The van der Waals surface area contributed by atoms with Gasteiger partial charge in [-0.2, -0.15) is 0 Å². The van der Waals surface area contributed by atoms with E-state index in [0.29, 0.717) is 0 Å². The molecule has 0 amide bonds. The van der Waals surface area contributed by atoms with Gasteiger partial charge in [-0.05, 0) is 122 Å². The van der Waals surface area contributed by atoms with E-state index in [0.717, 1.165) is 51.4 Å². The second-order valence-electron chi connectivity index (χ2n) is 19.3. The minimum atomic E-state index is -4.50. The Morgan fingerprint density at radius 3 is 0.606 bits per heavy atom. The van der Waals surface area contributed by atoms with Crippen molar-refractivity contribution in [3.8, 4) is 23.0 Å². The van der Waals surface area contributed by atoms with Gasteiger partial charge >= 0.3 is 32.4 Å². The second-order valence-corrected chi connectivity index (χ2v) is 21.8. The zero-order valence-corrected chi connectivity index (χ0v) is 47.2. The topological polar surface area (TPSA) is 117 Å². The van der Waals surface area contributed by atoms with Gasteiger partial charge in [0.25, 0.3) is 0 Å². The van der Waals surface area contributed by atoms with Crippen molar-refractivity contribution in [1.82, 2.24) is 0 Å². The zero-order valence-electron chi connectivity index (χ0n) is 44.4. The van der Waals surface area contributed by atoms with E-state index in [2.05, 4.69) is 27.7 Å². The van der Waals surface area contributed by atoms with Crippen LogP contribution in [-0.2, 0) is 51.6 Å². The summed E-state index contributed by atoms with van der Waals surface area (Å²) in [5, 5.41) is 0. The average molecular weight is 1060 g/mol. The first kappa shape index (κ1) is 64.1. The van der Waals surface area contributed by atoms with Gasteiger partial charge < -0.3 is 27.9 Å². The third-order valence-electron chi connectivity index (χ3n) is 12.8. The molecule has 0 spiro atoms. The summed E-state index contributed by atoms with van der Waals surface area (Å²) in [6, 6.07) is 29.1. The molecule has 0 bridgehead atoms. The summed E-state index contributed by atoms with van der Waals surface area (Å²) in [6.07, 6.45) is 39.8. The van der Waals surface area contributed by atoms with Gasteiger partial charge in [0.1, 0.15) is 23.0 Å². The normalized spacial score (nSPS) is 11.4. The Bertz CT molecular complexity index is 1680. The van der Waals surface area contributed by atoms with Crippen molar-refractivity contribution in [1.29, 1.82) is 0 Å². The van der Waals surface area contributed by atoms with Gasteiger partial charge in [0.05, 0.1) is 0 Å². The first-order valence-electron chi connectivity index (χ1n) is 27.8. The third-order valence-corrected chi connectivity index (χ3v) is 14.6. The van der Waals surface area contributed by atoms with E-state index in [-0.39, 0.29) is 39.8 Å². The Hall–Kier alpha value is -3.03. The molecule has 0 saturated carbocycles. The molecule has 0 unspecified atom stereocenters. The van der Waals surface area contributed by atoms with E-state index in [1.165, 1.54) is 176 Å². The van der Waals surface area contributed by atoms with Crippen LogP contribution in [-0.4, -0.2) is 0 Å². The van der Waals surface area contributed by atoms with E-state index >= 15 is 0 Å². The van der Waals surface area contributed by atoms with Crippen LogP contribution in [0.3, 0.4) is 0 Å². The van der Waals surface area contributed by atoms with Crippen LogP contribution in [0.25, 0.3) is 0 Å². The van der Waals surface area contributed by atoms with E-state index in [9.17, 15) is 18.9 Å². The molecule has 4 rings (SSSR count). The number of benzene rings is 4. The maximum atomic E-state index is 12.4. The summed E-state index contributed by atoms with van der Waals surface area (Å²) in [7, 11) is -8.99. The van der Waals surface area contributed by atoms with Gasteiger partial charge in [0.2, 0.25) is 0 Å². The summed E-state index contributed by atoms with van der Waals surface area (Å²) in [5.41, 5.74) is 4.79. The number of phosphoric ester groups is 2. The molecule has 0 N–H and O–H groups in total. The molecular formula is C60H92CoO8P2. The summed E-state index contributed by atoms with van der Waals surface area (Å²) in [6.45, 7) is 8.95. The molecule has 0 aliphatic heterocycles. The largest absolute Gasteiger partial charge is 2.00 e. The van der Waals surface area contributed by atoms with Crippen LogP contribution in [0.1, 0.15) is 230 Å². The fourth-order valence-electron chi connectivity index (χ4n) is 8.57. The van der Waals surface area contributed by atoms with Crippen molar-refractivity contribution in [2.45, 2.75) is 233 Å². The molecule has 0 fully saturated rings. The van der Waals surface area contributed by atoms with Crippen LogP contribution in [0.15, 0.2) is 97.1 Å². The predicted octanol–water partition coefficient (Wildman–Crippen LogP) is 18.4. The Kier molecular flexibility index (Phi) is 36.4. The molecule has 0 aliphatic carbocycles. The van der Waals surface area contributed by atoms with Gasteiger partial charge in [-0.1, -0.05) is 230 Å². The number of phosphoric acid groups is 2. The van der Waals surface area contributed by atoms with E-state index < -0.39 is 15.6 Å². The molecule has 1 radical (unpaired) electrons. The molecule has 0 saturated heterocycles. The van der Waals surface area contributed by atoms with E-state index in [4.69, 9.17) is 18.1 Å². The van der Waals surface area contributed by atoms with E-state index in [1.807, 2.05) is 48.5 Å². The SMILES string of the molecule is CCCCCCCCCc1ccc(OP(=O)([O-])Oc2ccc(CCCCCCCCC)cc2)cc1.CCCCCCCCCc1ccc(OP(=O)([O-])Oc2ccc(CCCCCCCCC)cc2)cc1.[Co+2]. The van der Waals surface area contributed by atoms with E-state index in [1.54, 1.807) is 48.5 Å². The number of rotatable bonds is 40. The van der Waals surface area contributed by atoms with Crippen molar-refractivity contribution in [2.24, 2.45) is 0 Å². The molecule has 8 nitrogen and oxygen atoms in total. The first-order valence-corrected chi connectivity index (χ1v) is 30.7. The fourth-order valence-corrected chi connectivity index (χ4v) is 10.2. The maximum Gasteiger partial charge on any atom is 2.00 e. The Balaban J connectivity index is 0.000000480. The quantitative estimate of drug-likeness (QED) is 0.0319. The average Bonchev–Trinajstić information content (AvgIpc) is 3.34. The third kappa shape index (κ3) is 32.7. The van der Waals surface area contributed by atoms with Crippen LogP contribution in [0.5, 0.6) is 23.0 Å². The summed E-state index contributed by atoms with van der Waals surface area (Å²) in [5.74, 6) is 1.12. The van der Waals surface area contributed by atoms with Crippen molar-refractivity contribution in [3.05, 3.63) is 119 Å². The smallest absolute Gasteiger partial charge is 0.736 e. The first-order chi connectivity index (χ1) is 34.0. The molecule has 4 aromatic rings. The van der Waals surface area contributed by atoms with Gasteiger partial charge in [-0.15, -0.1) is 0 Å². The van der Waals surface area contributed by atoms with Crippen molar-refractivity contribution in [3.63, 3.8) is 0 Å². The molecule has 0 atom stereocenters. The minimum absolute atomic E-state index is 0. The monoisotopic (exact) mass is 1060 g/mol. The van der Waals surface area contributed by atoms with Crippen LogP contribution in [0.2, 0.25) is 0 Å². The number of hydrogen-bond donors (Lipinski definition) is 0. The maximum absolute atomic E-state index is 12.4. The van der Waals surface area contributed by atoms with Crippen molar-refractivity contribution < 1.29 is 53.8 Å². The van der Waals surface area contributed by atoms with Crippen molar-refractivity contribution in [2.75, 3.05) is 0 Å². The van der Waals surface area contributed by atoms with Crippen molar-refractivity contribution >= 4 is 15.6 Å². The molecule has 0 aromatic heterocycles. The van der Waals surface area contributed by atoms with Crippen LogP contribution in [0.4, 0.5) is 0 Å². The Morgan fingerprint density at radius 1 is 0.282 bits per heavy atom. The Labute approximate surface area is 442 Å². The molecule has 0 heterocycles. The predicted molar refractivity (Wildman–Crippen MR) is 290 cm³/mol. The molecule has 0 aliphatic rings. The fraction of sp³-hybridized carbons (Fsp3) is 0.600. The van der Waals surface area contributed by atoms with Crippen LogP contribution >= 0.6 is 15.6 Å². The van der Waals surface area contributed by atoms with Gasteiger partial charge in [0, 0.05) is 0 Å². The second kappa shape index (κ2) is 40.4. The zero-order chi connectivity index (χ0) is 50.4. The number of unbranched alkanes of at least 4 members (excludes halogenated alkanes) is 24. The molecule has 71 heavy (non-hydrogen) atoms. The van der Waals surface area contributed by atoms with Gasteiger partial charge in [-0.25, -0.2) is 9.13 Å². The molecular weight excluding hydrogens is 970 g/mol. The minimum Gasteiger partial charge on any atom is -0.736 e. The number of aryl methyl sites for hydroxylation is 4. The number of hydrogen-bond acceptors (Lipinski definition) is 8. The molecule has 399 valence electrons. The molecule has 11 heteroatoms. The van der Waals surface area contributed by atoms with Crippen LogP contribution < -0.4 is 27.9 Å². The van der Waals surface area contributed by atoms with Gasteiger partial charge in [-0.3, -0.25) is 0 Å². The standard InChI is InChI=1S/2C30H47O4P.Co/c2*1-3-5-7-9-11-13-15-17-27-19-23-29(24-20-27)33-35(31,32)34-30-25-21-28(22-26-30)18-16-14-12-10-8-6-4-2;/h2*19-26H,3-18H2,1-2H3,(H,31,32);/q;;+2/p-2. The summed E-state index contributed by atoms with van der Waals surface area (Å²) >= 11 is 0. The van der Waals surface area contributed by atoms with Gasteiger partial charge in [0.15, 0.2) is 0 Å². The Morgan fingerprint density at radius 2 is 0.437 bits per heavy atom. The van der Waals surface area contributed by atoms with Crippen LogP contribution in [0, 0.1) is 0 Å². The summed E-state index contributed by atoms with van der Waals surface area (Å²) < 4.78 is 45.4. The molecule has 4 aromatic carbocycles. The summed E-state index contributed by atoms with van der Waals surface area (Å²) in [4.78, 5) is 24.7.